The lowest BCUT2D eigenvalue weighted by Gasteiger charge is -2.02. The molecule has 1 aliphatic heterocycles. The number of epoxide rings is 1. The van der Waals surface area contributed by atoms with Gasteiger partial charge >= 0.3 is 0 Å². The van der Waals surface area contributed by atoms with Crippen LogP contribution < -0.4 is 0 Å². The predicted octanol–water partition coefficient (Wildman–Crippen LogP) is 5.81. The highest BCUT2D eigenvalue weighted by Crippen LogP contribution is 2.51. The van der Waals surface area contributed by atoms with Gasteiger partial charge in [-0.3, -0.25) is 0 Å². The van der Waals surface area contributed by atoms with Gasteiger partial charge in [0.05, 0.1) is 0 Å². The summed E-state index contributed by atoms with van der Waals surface area (Å²) in [5, 5.41) is 5.11. The molecular formula is C22H16O. The first kappa shape index (κ1) is 12.9. The first-order valence-electron chi connectivity index (χ1n) is 8.01. The summed E-state index contributed by atoms with van der Waals surface area (Å²) in [6.07, 6.45) is 0.363. The fourth-order valence-corrected chi connectivity index (χ4v) is 3.39. The molecule has 110 valence electrons. The van der Waals surface area contributed by atoms with Crippen LogP contribution in [0, 0.1) is 0 Å². The van der Waals surface area contributed by atoms with Crippen LogP contribution in [0.15, 0.2) is 84.9 Å². The van der Waals surface area contributed by atoms with Crippen LogP contribution in [0.3, 0.4) is 0 Å². The van der Waals surface area contributed by atoms with E-state index in [1.54, 1.807) is 0 Å². The molecule has 1 aliphatic rings. The third kappa shape index (κ3) is 2.21. The van der Waals surface area contributed by atoms with Gasteiger partial charge in [-0.05, 0) is 44.8 Å². The number of hydrogen-bond acceptors (Lipinski definition) is 1. The fraction of sp³-hybridized carbons (Fsp3) is 0.0909. The number of fused-ring (bicyclic) bond motifs is 2. The molecule has 0 amide bonds. The molecule has 0 aliphatic carbocycles. The average Bonchev–Trinajstić information content (AvgIpc) is 3.42. The van der Waals surface area contributed by atoms with Crippen molar-refractivity contribution in [2.45, 2.75) is 12.2 Å². The lowest BCUT2D eigenvalue weighted by molar-refractivity contribution is 0.378. The van der Waals surface area contributed by atoms with E-state index in [1.807, 2.05) is 0 Å². The number of ether oxygens (including phenoxy) is 1. The van der Waals surface area contributed by atoms with Crippen LogP contribution in [-0.4, -0.2) is 0 Å². The van der Waals surface area contributed by atoms with Crippen molar-refractivity contribution >= 4 is 21.5 Å². The maximum absolute atomic E-state index is 5.99. The average molecular weight is 296 g/mol. The van der Waals surface area contributed by atoms with Gasteiger partial charge in [0, 0.05) is 0 Å². The Hall–Kier alpha value is -2.64. The van der Waals surface area contributed by atoms with E-state index >= 15 is 0 Å². The summed E-state index contributed by atoms with van der Waals surface area (Å²) in [6, 6.07) is 30.2. The number of rotatable bonds is 2. The largest absolute Gasteiger partial charge is 0.359 e. The Morgan fingerprint density at radius 1 is 0.478 bits per heavy atom. The Kier molecular flexibility index (Phi) is 2.76. The molecule has 2 unspecified atom stereocenters. The fourth-order valence-electron chi connectivity index (χ4n) is 3.39. The summed E-state index contributed by atoms with van der Waals surface area (Å²) in [6.45, 7) is 0. The second-order valence-corrected chi connectivity index (χ2v) is 6.19. The molecule has 4 aromatic carbocycles. The predicted molar refractivity (Wildman–Crippen MR) is 94.5 cm³/mol. The normalized spacial score (nSPS) is 20.0. The quantitative estimate of drug-likeness (QED) is 0.425. The molecule has 0 N–H and O–H groups in total. The summed E-state index contributed by atoms with van der Waals surface area (Å²) < 4.78 is 5.99. The van der Waals surface area contributed by atoms with Gasteiger partial charge in [0.25, 0.3) is 0 Å². The van der Waals surface area contributed by atoms with Gasteiger partial charge in [0.15, 0.2) is 0 Å². The Labute approximate surface area is 135 Å². The molecule has 0 aromatic heterocycles. The van der Waals surface area contributed by atoms with Gasteiger partial charge in [0.1, 0.15) is 12.2 Å². The molecule has 0 spiro atoms. The highest BCUT2D eigenvalue weighted by Gasteiger charge is 2.41. The van der Waals surface area contributed by atoms with Crippen molar-refractivity contribution in [3.63, 3.8) is 0 Å². The van der Waals surface area contributed by atoms with Crippen LogP contribution in [-0.2, 0) is 4.74 Å². The second kappa shape index (κ2) is 4.94. The minimum absolute atomic E-state index is 0.181. The van der Waals surface area contributed by atoms with Crippen molar-refractivity contribution in [1.29, 1.82) is 0 Å². The highest BCUT2D eigenvalue weighted by molar-refractivity contribution is 5.84. The monoisotopic (exact) mass is 296 g/mol. The number of hydrogen-bond donors (Lipinski definition) is 0. The molecule has 23 heavy (non-hydrogen) atoms. The van der Waals surface area contributed by atoms with Gasteiger partial charge in [-0.25, -0.2) is 0 Å². The van der Waals surface area contributed by atoms with Gasteiger partial charge < -0.3 is 4.74 Å². The van der Waals surface area contributed by atoms with Gasteiger partial charge in [-0.15, -0.1) is 0 Å². The van der Waals surface area contributed by atoms with Gasteiger partial charge in [-0.2, -0.15) is 0 Å². The van der Waals surface area contributed by atoms with E-state index < -0.39 is 0 Å². The van der Waals surface area contributed by atoms with E-state index in [2.05, 4.69) is 84.9 Å². The third-order valence-corrected chi connectivity index (χ3v) is 4.70. The maximum Gasteiger partial charge on any atom is 0.114 e. The molecule has 0 radical (unpaired) electrons. The van der Waals surface area contributed by atoms with Crippen LogP contribution in [0.1, 0.15) is 23.3 Å². The Bertz CT molecular complexity index is 935. The van der Waals surface area contributed by atoms with Crippen molar-refractivity contribution < 1.29 is 4.74 Å². The van der Waals surface area contributed by atoms with Crippen molar-refractivity contribution in [2.24, 2.45) is 0 Å². The summed E-state index contributed by atoms with van der Waals surface area (Å²) in [7, 11) is 0. The molecule has 1 nitrogen and oxygen atoms in total. The molecule has 2 atom stereocenters. The van der Waals surface area contributed by atoms with E-state index in [0.29, 0.717) is 0 Å². The lowest BCUT2D eigenvalue weighted by Crippen LogP contribution is -1.85. The van der Waals surface area contributed by atoms with E-state index in [-0.39, 0.29) is 12.2 Å². The smallest absolute Gasteiger partial charge is 0.114 e. The minimum Gasteiger partial charge on any atom is -0.359 e. The third-order valence-electron chi connectivity index (χ3n) is 4.70. The molecule has 4 aromatic rings. The Morgan fingerprint density at radius 3 is 1.39 bits per heavy atom. The molecule has 1 heteroatoms. The van der Waals surface area contributed by atoms with E-state index in [4.69, 9.17) is 4.74 Å². The van der Waals surface area contributed by atoms with Crippen LogP contribution >= 0.6 is 0 Å². The van der Waals surface area contributed by atoms with Gasteiger partial charge in [-0.1, -0.05) is 72.8 Å². The second-order valence-electron chi connectivity index (χ2n) is 6.19. The zero-order valence-electron chi connectivity index (χ0n) is 12.6. The maximum atomic E-state index is 5.99. The van der Waals surface area contributed by atoms with Crippen molar-refractivity contribution in [3.8, 4) is 0 Å². The van der Waals surface area contributed by atoms with Crippen molar-refractivity contribution in [2.75, 3.05) is 0 Å². The van der Waals surface area contributed by atoms with E-state index in [9.17, 15) is 0 Å². The lowest BCUT2D eigenvalue weighted by atomic mass is 9.99. The Balaban J connectivity index is 1.48. The zero-order valence-corrected chi connectivity index (χ0v) is 12.6. The molecule has 5 rings (SSSR count). The molecular weight excluding hydrogens is 280 g/mol. The SMILES string of the molecule is c1ccc2cc(C3OC3c3ccc4ccccc4c3)ccc2c1. The molecule has 1 fully saturated rings. The molecule has 1 saturated heterocycles. The molecule has 0 saturated carbocycles. The van der Waals surface area contributed by atoms with Crippen molar-refractivity contribution in [1.82, 2.24) is 0 Å². The summed E-state index contributed by atoms with van der Waals surface area (Å²) in [5.74, 6) is 0. The number of benzene rings is 4. The summed E-state index contributed by atoms with van der Waals surface area (Å²) in [4.78, 5) is 0. The van der Waals surface area contributed by atoms with Gasteiger partial charge in [0.2, 0.25) is 0 Å². The Morgan fingerprint density at radius 2 is 0.913 bits per heavy atom. The van der Waals surface area contributed by atoms with E-state index in [1.165, 1.54) is 32.7 Å². The highest BCUT2D eigenvalue weighted by atomic mass is 16.6. The standard InChI is InChI=1S/C22H16O/c1-3-7-17-13-19(11-9-15(17)5-1)21-22(23-21)20-12-10-16-6-2-4-8-18(16)14-20/h1-14,21-22H. The minimum atomic E-state index is 0.181. The van der Waals surface area contributed by atoms with Crippen LogP contribution in [0.5, 0.6) is 0 Å². The summed E-state index contributed by atoms with van der Waals surface area (Å²) in [5.41, 5.74) is 2.53. The van der Waals surface area contributed by atoms with E-state index in [0.717, 1.165) is 0 Å². The first-order valence-corrected chi connectivity index (χ1v) is 8.01. The zero-order chi connectivity index (χ0) is 15.2. The van der Waals surface area contributed by atoms with Crippen LogP contribution in [0.2, 0.25) is 0 Å². The topological polar surface area (TPSA) is 12.5 Å². The van der Waals surface area contributed by atoms with Crippen LogP contribution in [0.25, 0.3) is 21.5 Å². The van der Waals surface area contributed by atoms with Crippen LogP contribution in [0.4, 0.5) is 0 Å². The first-order chi connectivity index (χ1) is 11.4. The van der Waals surface area contributed by atoms with Crippen molar-refractivity contribution in [3.05, 3.63) is 96.1 Å². The molecule has 1 heterocycles. The summed E-state index contributed by atoms with van der Waals surface area (Å²) >= 11 is 0. The molecule has 0 bridgehead atoms.